The number of halogens is 2. The standard InChI is InChI=1S/C14H20BrIN2O/c1-4-10(2)18(3)8-7-17-14(19)12-9-11(15)5-6-13(12)16/h5-6,9-10H,4,7-8H2,1-3H3,(H,17,19). The van der Waals surface area contributed by atoms with Gasteiger partial charge in [-0.15, -0.1) is 0 Å². The zero-order valence-electron chi connectivity index (χ0n) is 11.5. The molecular weight excluding hydrogens is 419 g/mol. The molecule has 0 fully saturated rings. The van der Waals surface area contributed by atoms with Gasteiger partial charge in [0.05, 0.1) is 5.56 Å². The zero-order valence-corrected chi connectivity index (χ0v) is 15.3. The summed E-state index contributed by atoms with van der Waals surface area (Å²) in [7, 11) is 2.09. The van der Waals surface area contributed by atoms with Crippen LogP contribution in [0.2, 0.25) is 0 Å². The van der Waals surface area contributed by atoms with E-state index in [1.165, 1.54) is 0 Å². The van der Waals surface area contributed by atoms with Crippen molar-refractivity contribution in [3.63, 3.8) is 0 Å². The Kier molecular flexibility index (Phi) is 7.31. The van der Waals surface area contributed by atoms with E-state index in [4.69, 9.17) is 0 Å². The van der Waals surface area contributed by atoms with Crippen molar-refractivity contribution in [2.45, 2.75) is 26.3 Å². The quantitative estimate of drug-likeness (QED) is 0.689. The van der Waals surface area contributed by atoms with Gasteiger partial charge in [-0.2, -0.15) is 0 Å². The van der Waals surface area contributed by atoms with Crippen LogP contribution in [-0.4, -0.2) is 37.0 Å². The zero-order chi connectivity index (χ0) is 14.4. The first kappa shape index (κ1) is 16.9. The van der Waals surface area contributed by atoms with E-state index in [0.29, 0.717) is 12.6 Å². The van der Waals surface area contributed by atoms with Gasteiger partial charge in [0, 0.05) is 27.2 Å². The van der Waals surface area contributed by atoms with Gasteiger partial charge in [-0.3, -0.25) is 4.79 Å². The van der Waals surface area contributed by atoms with Gasteiger partial charge in [-0.1, -0.05) is 22.9 Å². The Bertz CT molecular complexity index is 439. The van der Waals surface area contributed by atoms with Crippen LogP contribution in [0.3, 0.4) is 0 Å². The molecule has 1 amide bonds. The first-order valence-corrected chi connectivity index (χ1v) is 8.26. The van der Waals surface area contributed by atoms with Crippen LogP contribution in [0.15, 0.2) is 22.7 Å². The lowest BCUT2D eigenvalue weighted by Gasteiger charge is -2.23. The van der Waals surface area contributed by atoms with E-state index in [0.717, 1.165) is 26.6 Å². The molecule has 1 rings (SSSR count). The van der Waals surface area contributed by atoms with E-state index in [1.807, 2.05) is 18.2 Å². The van der Waals surface area contributed by atoms with Crippen molar-refractivity contribution < 1.29 is 4.79 Å². The highest BCUT2D eigenvalue weighted by Gasteiger charge is 2.11. The molecule has 106 valence electrons. The summed E-state index contributed by atoms with van der Waals surface area (Å²) in [6.45, 7) is 5.90. The van der Waals surface area contributed by atoms with Gasteiger partial charge >= 0.3 is 0 Å². The van der Waals surface area contributed by atoms with Crippen molar-refractivity contribution in [1.82, 2.24) is 10.2 Å². The Morgan fingerprint density at radius 3 is 2.84 bits per heavy atom. The third kappa shape index (κ3) is 5.39. The number of carbonyl (C=O) groups is 1. The molecule has 1 aromatic carbocycles. The molecule has 3 nitrogen and oxygen atoms in total. The number of likely N-dealkylation sites (N-methyl/N-ethyl adjacent to an activating group) is 1. The Labute approximate surface area is 137 Å². The number of nitrogens with zero attached hydrogens (tertiary/aromatic N) is 1. The first-order valence-electron chi connectivity index (χ1n) is 6.39. The molecule has 19 heavy (non-hydrogen) atoms. The molecule has 0 aliphatic heterocycles. The van der Waals surface area contributed by atoms with Crippen LogP contribution in [0.4, 0.5) is 0 Å². The summed E-state index contributed by atoms with van der Waals surface area (Å²) in [5, 5.41) is 2.97. The van der Waals surface area contributed by atoms with E-state index >= 15 is 0 Å². The fourth-order valence-electron chi connectivity index (χ4n) is 1.64. The van der Waals surface area contributed by atoms with Gasteiger partial charge in [0.1, 0.15) is 0 Å². The Balaban J connectivity index is 2.50. The van der Waals surface area contributed by atoms with Crippen molar-refractivity contribution in [1.29, 1.82) is 0 Å². The van der Waals surface area contributed by atoms with Gasteiger partial charge < -0.3 is 10.2 Å². The Morgan fingerprint density at radius 1 is 1.53 bits per heavy atom. The van der Waals surface area contributed by atoms with Crippen LogP contribution < -0.4 is 5.32 Å². The molecule has 1 unspecified atom stereocenters. The normalized spacial score (nSPS) is 12.5. The second-order valence-electron chi connectivity index (χ2n) is 4.62. The smallest absolute Gasteiger partial charge is 0.252 e. The number of amides is 1. The number of hydrogen-bond acceptors (Lipinski definition) is 2. The van der Waals surface area contributed by atoms with E-state index < -0.39 is 0 Å². The molecule has 0 saturated heterocycles. The van der Waals surface area contributed by atoms with E-state index in [1.54, 1.807) is 0 Å². The largest absolute Gasteiger partial charge is 0.351 e. The van der Waals surface area contributed by atoms with Crippen LogP contribution in [-0.2, 0) is 0 Å². The maximum atomic E-state index is 12.1. The van der Waals surface area contributed by atoms with Crippen molar-refractivity contribution in [2.24, 2.45) is 0 Å². The minimum absolute atomic E-state index is 0.0109. The molecular formula is C14H20BrIN2O. The maximum Gasteiger partial charge on any atom is 0.252 e. The third-order valence-electron chi connectivity index (χ3n) is 3.27. The van der Waals surface area contributed by atoms with E-state index in [9.17, 15) is 4.79 Å². The minimum atomic E-state index is -0.0109. The van der Waals surface area contributed by atoms with E-state index in [-0.39, 0.29) is 5.91 Å². The third-order valence-corrected chi connectivity index (χ3v) is 4.70. The minimum Gasteiger partial charge on any atom is -0.351 e. The summed E-state index contributed by atoms with van der Waals surface area (Å²) in [5.41, 5.74) is 0.723. The number of nitrogens with one attached hydrogen (secondary N) is 1. The number of hydrogen-bond donors (Lipinski definition) is 1. The van der Waals surface area contributed by atoms with Gasteiger partial charge in [0.2, 0.25) is 0 Å². The molecule has 0 saturated carbocycles. The van der Waals surface area contributed by atoms with Crippen LogP contribution in [0, 0.1) is 3.57 Å². The summed E-state index contributed by atoms with van der Waals surface area (Å²) in [4.78, 5) is 14.3. The lowest BCUT2D eigenvalue weighted by molar-refractivity contribution is 0.0946. The molecule has 0 radical (unpaired) electrons. The number of rotatable bonds is 6. The van der Waals surface area contributed by atoms with E-state index in [2.05, 4.69) is 69.6 Å². The topological polar surface area (TPSA) is 32.3 Å². The molecule has 1 N–H and O–H groups in total. The van der Waals surface area contributed by atoms with Crippen molar-refractivity contribution in [2.75, 3.05) is 20.1 Å². The molecule has 1 atom stereocenters. The summed E-state index contributed by atoms with van der Waals surface area (Å²) < 4.78 is 1.89. The first-order chi connectivity index (χ1) is 8.95. The molecule has 0 heterocycles. The highest BCUT2D eigenvalue weighted by atomic mass is 127. The fraction of sp³-hybridized carbons (Fsp3) is 0.500. The predicted molar refractivity (Wildman–Crippen MR) is 91.6 cm³/mol. The van der Waals surface area contributed by atoms with Gasteiger partial charge in [-0.05, 0) is 61.2 Å². The lowest BCUT2D eigenvalue weighted by Crippen LogP contribution is -2.37. The molecule has 1 aromatic rings. The molecule has 0 aliphatic rings. The van der Waals surface area contributed by atoms with Gasteiger partial charge in [-0.25, -0.2) is 0 Å². The summed E-state index contributed by atoms with van der Waals surface area (Å²) in [6.07, 6.45) is 1.12. The van der Waals surface area contributed by atoms with Crippen molar-refractivity contribution in [3.8, 4) is 0 Å². The van der Waals surface area contributed by atoms with Crippen LogP contribution >= 0.6 is 38.5 Å². The van der Waals surface area contributed by atoms with Gasteiger partial charge in [0.25, 0.3) is 5.91 Å². The molecule has 0 bridgehead atoms. The summed E-state index contributed by atoms with van der Waals surface area (Å²) in [5.74, 6) is -0.0109. The average Bonchev–Trinajstić information content (AvgIpc) is 2.40. The SMILES string of the molecule is CCC(C)N(C)CCNC(=O)c1cc(Br)ccc1I. The number of carbonyl (C=O) groups excluding carboxylic acids is 1. The highest BCUT2D eigenvalue weighted by molar-refractivity contribution is 14.1. The second kappa shape index (κ2) is 8.21. The number of benzene rings is 1. The van der Waals surface area contributed by atoms with Crippen LogP contribution in [0.25, 0.3) is 0 Å². The molecule has 5 heteroatoms. The second-order valence-corrected chi connectivity index (χ2v) is 6.70. The fourth-order valence-corrected chi connectivity index (χ4v) is 2.59. The molecule has 0 aliphatic carbocycles. The highest BCUT2D eigenvalue weighted by Crippen LogP contribution is 2.18. The van der Waals surface area contributed by atoms with Crippen LogP contribution in [0.5, 0.6) is 0 Å². The van der Waals surface area contributed by atoms with Crippen molar-refractivity contribution >= 4 is 44.4 Å². The predicted octanol–water partition coefficient (Wildman–Crippen LogP) is 3.51. The maximum absolute atomic E-state index is 12.1. The van der Waals surface area contributed by atoms with Crippen LogP contribution in [0.1, 0.15) is 30.6 Å². The van der Waals surface area contributed by atoms with Gasteiger partial charge in [0.15, 0.2) is 0 Å². The van der Waals surface area contributed by atoms with Crippen molar-refractivity contribution in [3.05, 3.63) is 31.8 Å². The molecule has 0 aromatic heterocycles. The Hall–Kier alpha value is -0.140. The summed E-state index contributed by atoms with van der Waals surface area (Å²) in [6, 6.07) is 6.28. The monoisotopic (exact) mass is 438 g/mol. The summed E-state index contributed by atoms with van der Waals surface area (Å²) >= 11 is 5.57. The Morgan fingerprint density at radius 2 is 2.21 bits per heavy atom. The average molecular weight is 439 g/mol. The molecule has 0 spiro atoms. The lowest BCUT2D eigenvalue weighted by atomic mass is 10.2.